The van der Waals surface area contributed by atoms with Crippen molar-refractivity contribution < 1.29 is 13.9 Å². The minimum absolute atomic E-state index is 0.00839. The Morgan fingerprint density at radius 2 is 1.73 bits per heavy atom. The van der Waals surface area contributed by atoms with E-state index in [4.69, 9.17) is 5.26 Å². The second-order valence-electron chi connectivity index (χ2n) is 8.43. The van der Waals surface area contributed by atoms with Gasteiger partial charge >= 0.3 is 0 Å². The van der Waals surface area contributed by atoms with Gasteiger partial charge in [-0.25, -0.2) is 18.4 Å². The number of halogens is 2. The lowest BCUT2D eigenvalue weighted by atomic mass is 9.92. The van der Waals surface area contributed by atoms with Crippen LogP contribution in [-0.4, -0.2) is 68.9 Å². The number of nitriles is 1. The minimum Gasteiger partial charge on any atom is -0.382 e. The molecule has 1 fully saturated rings. The first-order chi connectivity index (χ1) is 15.9. The maximum absolute atomic E-state index is 14.6. The van der Waals surface area contributed by atoms with E-state index in [1.54, 1.807) is 0 Å². The van der Waals surface area contributed by atoms with E-state index in [0.29, 0.717) is 5.56 Å². The van der Waals surface area contributed by atoms with Gasteiger partial charge in [0.25, 0.3) is 0 Å². The highest BCUT2D eigenvalue weighted by Gasteiger charge is 2.36. The van der Waals surface area contributed by atoms with Crippen LogP contribution in [0.3, 0.4) is 0 Å². The predicted octanol–water partition coefficient (Wildman–Crippen LogP) is 2.18. The summed E-state index contributed by atoms with van der Waals surface area (Å²) < 4.78 is 29.5. The first-order valence-corrected chi connectivity index (χ1v) is 10.9. The van der Waals surface area contributed by atoms with Crippen LogP contribution >= 0.6 is 0 Å². The van der Waals surface area contributed by atoms with Gasteiger partial charge in [0.2, 0.25) is 0 Å². The third-order valence-corrected chi connectivity index (χ3v) is 6.07. The summed E-state index contributed by atoms with van der Waals surface area (Å²) in [6, 6.07) is 13.0. The zero-order valence-corrected chi connectivity index (χ0v) is 18.2. The van der Waals surface area contributed by atoms with Crippen molar-refractivity contribution in [3.05, 3.63) is 83.4 Å². The van der Waals surface area contributed by atoms with E-state index < -0.39 is 17.2 Å². The van der Waals surface area contributed by atoms with Crippen LogP contribution in [0.5, 0.6) is 0 Å². The fraction of sp³-hybridized carbons (Fsp3) is 0.375. The molecule has 0 spiro atoms. The molecule has 172 valence electrons. The number of aliphatic hydroxyl groups is 1. The Labute approximate surface area is 191 Å². The largest absolute Gasteiger partial charge is 0.382 e. The summed E-state index contributed by atoms with van der Waals surface area (Å²) in [5.41, 5.74) is 0.298. The Kier molecular flexibility index (Phi) is 7.08. The number of nitrogens with zero attached hydrogens (tertiary/aromatic N) is 6. The van der Waals surface area contributed by atoms with Gasteiger partial charge < -0.3 is 10.0 Å². The van der Waals surface area contributed by atoms with Gasteiger partial charge in [0.15, 0.2) is 0 Å². The molecule has 1 saturated heterocycles. The monoisotopic (exact) mass is 452 g/mol. The van der Waals surface area contributed by atoms with Crippen molar-refractivity contribution in [1.82, 2.24) is 24.6 Å². The second kappa shape index (κ2) is 10.2. The highest BCUT2D eigenvalue weighted by molar-refractivity contribution is 5.31. The zero-order valence-electron chi connectivity index (χ0n) is 18.2. The zero-order chi connectivity index (χ0) is 23.3. The summed E-state index contributed by atoms with van der Waals surface area (Å²) in [5.74, 6) is -1.46. The average molecular weight is 453 g/mol. The van der Waals surface area contributed by atoms with E-state index in [1.165, 1.54) is 29.0 Å². The summed E-state index contributed by atoms with van der Waals surface area (Å²) in [5, 5.41) is 24.5. The summed E-state index contributed by atoms with van der Waals surface area (Å²) in [4.78, 5) is 8.35. The molecule has 1 atom stereocenters. The lowest BCUT2D eigenvalue weighted by Gasteiger charge is -2.39. The number of piperazine rings is 1. The highest BCUT2D eigenvalue weighted by Crippen LogP contribution is 2.28. The standard InChI is InChI=1S/C24H26F2N6O/c25-21-5-6-22(23(26)13-21)24(33,16-32-18-28-17-29-32)15-31-11-9-30(10-12-31)8-7-19-1-3-20(14-27)4-2-19/h1-6,13,17-18,33H,7-12,15-16H2. The third-order valence-electron chi connectivity index (χ3n) is 6.07. The number of hydrogen-bond acceptors (Lipinski definition) is 6. The number of β-amino-alcohol motifs (C(OH)–C–C–N with tert-alkyl or cyclic N) is 1. The van der Waals surface area contributed by atoms with Gasteiger partial charge in [0.1, 0.15) is 29.9 Å². The number of aromatic nitrogens is 3. The van der Waals surface area contributed by atoms with Crippen LogP contribution in [-0.2, 0) is 18.6 Å². The van der Waals surface area contributed by atoms with E-state index in [0.717, 1.165) is 51.3 Å². The molecule has 7 nitrogen and oxygen atoms in total. The molecule has 9 heteroatoms. The van der Waals surface area contributed by atoms with Crippen LogP contribution in [0, 0.1) is 23.0 Å². The second-order valence-corrected chi connectivity index (χ2v) is 8.43. The lowest BCUT2D eigenvalue weighted by Crippen LogP contribution is -2.52. The van der Waals surface area contributed by atoms with Gasteiger partial charge in [0, 0.05) is 50.9 Å². The van der Waals surface area contributed by atoms with Crippen LogP contribution in [0.25, 0.3) is 0 Å². The molecule has 2 aromatic carbocycles. The molecule has 1 aromatic heterocycles. The maximum Gasteiger partial charge on any atom is 0.137 e. The molecule has 1 N–H and O–H groups in total. The van der Waals surface area contributed by atoms with Crippen LogP contribution in [0.2, 0.25) is 0 Å². The van der Waals surface area contributed by atoms with Gasteiger partial charge in [-0.15, -0.1) is 0 Å². The Morgan fingerprint density at radius 3 is 2.36 bits per heavy atom. The lowest BCUT2D eigenvalue weighted by molar-refractivity contribution is -0.0317. The summed E-state index contributed by atoms with van der Waals surface area (Å²) in [7, 11) is 0. The van der Waals surface area contributed by atoms with Gasteiger partial charge in [-0.05, 0) is 30.2 Å². The fourth-order valence-corrected chi connectivity index (χ4v) is 4.24. The molecule has 4 rings (SSSR count). The van der Waals surface area contributed by atoms with Crippen molar-refractivity contribution in [2.75, 3.05) is 39.3 Å². The van der Waals surface area contributed by atoms with Crippen molar-refractivity contribution in [3.63, 3.8) is 0 Å². The average Bonchev–Trinajstić information content (AvgIpc) is 3.31. The van der Waals surface area contributed by atoms with Gasteiger partial charge in [-0.1, -0.05) is 18.2 Å². The fourth-order valence-electron chi connectivity index (χ4n) is 4.24. The van der Waals surface area contributed by atoms with Crippen LogP contribution in [0.1, 0.15) is 16.7 Å². The molecule has 0 amide bonds. The molecule has 0 saturated carbocycles. The number of hydrogen-bond donors (Lipinski definition) is 1. The van der Waals surface area contributed by atoms with E-state index in [2.05, 4.69) is 26.0 Å². The molecule has 0 radical (unpaired) electrons. The smallest absolute Gasteiger partial charge is 0.137 e. The SMILES string of the molecule is N#Cc1ccc(CCN2CCN(CC(O)(Cn3cncn3)c3ccc(F)cc3F)CC2)cc1. The van der Waals surface area contributed by atoms with Crippen molar-refractivity contribution in [2.24, 2.45) is 0 Å². The predicted molar refractivity (Wildman–Crippen MR) is 118 cm³/mol. The topological polar surface area (TPSA) is 81.2 Å². The maximum atomic E-state index is 14.6. The van der Waals surface area contributed by atoms with E-state index in [-0.39, 0.29) is 18.7 Å². The molecular weight excluding hydrogens is 426 g/mol. The van der Waals surface area contributed by atoms with Crippen LogP contribution < -0.4 is 0 Å². The molecule has 1 unspecified atom stereocenters. The minimum atomic E-state index is -1.59. The van der Waals surface area contributed by atoms with Gasteiger partial charge in [0.05, 0.1) is 18.2 Å². The molecule has 0 bridgehead atoms. The van der Waals surface area contributed by atoms with E-state index in [9.17, 15) is 13.9 Å². The summed E-state index contributed by atoms with van der Waals surface area (Å²) in [6.45, 7) is 4.18. The quantitative estimate of drug-likeness (QED) is 0.564. The van der Waals surface area contributed by atoms with Crippen molar-refractivity contribution in [2.45, 2.75) is 18.6 Å². The number of benzene rings is 2. The highest BCUT2D eigenvalue weighted by atomic mass is 19.1. The van der Waals surface area contributed by atoms with E-state index in [1.807, 2.05) is 24.3 Å². The molecule has 1 aliphatic rings. The van der Waals surface area contributed by atoms with Crippen molar-refractivity contribution in [1.29, 1.82) is 5.26 Å². The normalized spacial score (nSPS) is 16.9. The van der Waals surface area contributed by atoms with Crippen LogP contribution in [0.15, 0.2) is 55.1 Å². The molecule has 2 heterocycles. The Morgan fingerprint density at radius 1 is 1.00 bits per heavy atom. The van der Waals surface area contributed by atoms with E-state index >= 15 is 0 Å². The molecule has 1 aliphatic heterocycles. The van der Waals surface area contributed by atoms with Crippen LogP contribution in [0.4, 0.5) is 8.78 Å². The van der Waals surface area contributed by atoms with Crippen molar-refractivity contribution >= 4 is 0 Å². The Bertz CT molecular complexity index is 1090. The molecular formula is C24H26F2N6O. The third kappa shape index (κ3) is 5.79. The van der Waals surface area contributed by atoms with Gasteiger partial charge in [-0.2, -0.15) is 10.4 Å². The Hall–Kier alpha value is -3.19. The molecule has 0 aliphatic carbocycles. The van der Waals surface area contributed by atoms with Crippen molar-refractivity contribution in [3.8, 4) is 6.07 Å². The first-order valence-electron chi connectivity index (χ1n) is 10.9. The first kappa shape index (κ1) is 23.0. The summed E-state index contributed by atoms with van der Waals surface area (Å²) in [6.07, 6.45) is 3.71. The molecule has 33 heavy (non-hydrogen) atoms. The molecule has 3 aromatic rings. The van der Waals surface area contributed by atoms with Gasteiger partial charge in [-0.3, -0.25) is 4.90 Å². The number of rotatable bonds is 8. The Balaban J connectivity index is 1.38. The summed E-state index contributed by atoms with van der Waals surface area (Å²) >= 11 is 0.